The van der Waals surface area contributed by atoms with E-state index in [9.17, 15) is 4.79 Å². The van der Waals surface area contributed by atoms with Gasteiger partial charge in [-0.2, -0.15) is 5.10 Å². The van der Waals surface area contributed by atoms with E-state index in [2.05, 4.69) is 4.98 Å². The van der Waals surface area contributed by atoms with Crippen LogP contribution in [0.1, 0.15) is 15.9 Å². The van der Waals surface area contributed by atoms with Gasteiger partial charge in [0.2, 0.25) is 0 Å². The number of para-hydroxylation sites is 1. The molecular weight excluding hydrogens is 380 g/mol. The van der Waals surface area contributed by atoms with Crippen LogP contribution in [0.5, 0.6) is 0 Å². The molecule has 5 nitrogen and oxygen atoms in total. The number of H-pyrrole nitrogens is 1. The fraction of sp³-hybridized carbons (Fsp3) is 0.0870. The first kappa shape index (κ1) is 18.8. The lowest BCUT2D eigenvalue weighted by Gasteiger charge is -2.17. The average Bonchev–Trinajstić information content (AvgIpc) is 3.18. The molecule has 0 radical (unpaired) electrons. The van der Waals surface area contributed by atoms with Crippen LogP contribution in [-0.2, 0) is 6.54 Å². The first-order valence-electron chi connectivity index (χ1n) is 9.26. The van der Waals surface area contributed by atoms with Gasteiger partial charge >= 0.3 is 0 Å². The largest absolute Gasteiger partial charge is 0.352 e. The maximum atomic E-state index is 12.9. The second-order valence-corrected chi connectivity index (χ2v) is 7.13. The third-order valence-electron chi connectivity index (χ3n) is 4.66. The van der Waals surface area contributed by atoms with Crippen LogP contribution in [0.4, 0.5) is 0 Å². The molecule has 29 heavy (non-hydrogen) atoms. The zero-order valence-corrected chi connectivity index (χ0v) is 16.8. The molecule has 0 spiro atoms. The Morgan fingerprint density at radius 1 is 1.03 bits per heavy atom. The third kappa shape index (κ3) is 4.02. The van der Waals surface area contributed by atoms with Crippen molar-refractivity contribution in [3.63, 3.8) is 0 Å². The van der Waals surface area contributed by atoms with Crippen molar-refractivity contribution in [2.75, 3.05) is 7.05 Å². The van der Waals surface area contributed by atoms with Gasteiger partial charge in [-0.1, -0.05) is 60.7 Å². The monoisotopic (exact) mass is 400 g/mol. The molecule has 0 saturated carbocycles. The van der Waals surface area contributed by atoms with Crippen molar-refractivity contribution in [3.8, 4) is 16.9 Å². The van der Waals surface area contributed by atoms with Gasteiger partial charge in [-0.25, -0.2) is 4.68 Å². The number of pyridine rings is 1. The number of amides is 1. The summed E-state index contributed by atoms with van der Waals surface area (Å²) in [7, 11) is 1.78. The summed E-state index contributed by atoms with van der Waals surface area (Å²) in [4.78, 5) is 17.5. The van der Waals surface area contributed by atoms with E-state index in [0.29, 0.717) is 16.7 Å². The van der Waals surface area contributed by atoms with Crippen LogP contribution in [0.2, 0.25) is 0 Å². The summed E-state index contributed by atoms with van der Waals surface area (Å²) in [6.45, 7) is 0.416. The number of rotatable bonds is 5. The van der Waals surface area contributed by atoms with Crippen molar-refractivity contribution in [2.24, 2.45) is 0 Å². The van der Waals surface area contributed by atoms with Gasteiger partial charge in [0.1, 0.15) is 4.64 Å². The molecule has 144 valence electrons. The lowest BCUT2D eigenvalue weighted by Crippen LogP contribution is -2.26. The van der Waals surface area contributed by atoms with E-state index in [0.717, 1.165) is 22.5 Å². The number of aromatic amines is 1. The molecule has 0 aliphatic carbocycles. The zero-order valence-electron chi connectivity index (χ0n) is 15.9. The van der Waals surface area contributed by atoms with Gasteiger partial charge < -0.3 is 9.88 Å². The average molecular weight is 401 g/mol. The van der Waals surface area contributed by atoms with Crippen molar-refractivity contribution < 1.29 is 4.79 Å². The minimum Gasteiger partial charge on any atom is -0.352 e. The molecule has 4 rings (SSSR count). The molecule has 0 aliphatic heterocycles. The molecule has 0 unspecified atom stereocenters. The van der Waals surface area contributed by atoms with E-state index >= 15 is 0 Å². The number of nitrogens with one attached hydrogen (secondary N) is 1. The maximum absolute atomic E-state index is 12.9. The van der Waals surface area contributed by atoms with Crippen LogP contribution in [-0.4, -0.2) is 32.6 Å². The molecule has 0 bridgehead atoms. The number of nitrogens with zero attached hydrogens (tertiary/aromatic N) is 3. The Bertz CT molecular complexity index is 1180. The van der Waals surface area contributed by atoms with Gasteiger partial charge in [0.25, 0.3) is 5.91 Å². The van der Waals surface area contributed by atoms with Gasteiger partial charge in [-0.05, 0) is 24.3 Å². The fourth-order valence-corrected chi connectivity index (χ4v) is 3.42. The highest BCUT2D eigenvalue weighted by Crippen LogP contribution is 2.25. The first-order valence-corrected chi connectivity index (χ1v) is 9.67. The number of carbonyl (C=O) groups excluding carboxylic acids is 1. The summed E-state index contributed by atoms with van der Waals surface area (Å²) in [5.41, 5.74) is 4.28. The highest BCUT2D eigenvalue weighted by Gasteiger charge is 2.18. The highest BCUT2D eigenvalue weighted by molar-refractivity contribution is 7.71. The van der Waals surface area contributed by atoms with Gasteiger partial charge in [-0.3, -0.25) is 4.79 Å². The molecule has 0 saturated heterocycles. The molecule has 0 aliphatic rings. The summed E-state index contributed by atoms with van der Waals surface area (Å²) >= 11 is 5.26. The summed E-state index contributed by atoms with van der Waals surface area (Å²) in [6.07, 6.45) is 3.70. The van der Waals surface area contributed by atoms with E-state index in [1.807, 2.05) is 71.5 Å². The van der Waals surface area contributed by atoms with Crippen LogP contribution >= 0.6 is 12.2 Å². The van der Waals surface area contributed by atoms with Crippen molar-refractivity contribution in [3.05, 3.63) is 101 Å². The van der Waals surface area contributed by atoms with E-state index in [1.54, 1.807) is 30.3 Å². The molecule has 2 aromatic carbocycles. The van der Waals surface area contributed by atoms with Gasteiger partial charge in [0, 0.05) is 37.1 Å². The van der Waals surface area contributed by atoms with Crippen LogP contribution in [0.15, 0.2) is 85.2 Å². The van der Waals surface area contributed by atoms with Gasteiger partial charge in [0.05, 0.1) is 16.9 Å². The third-order valence-corrected chi connectivity index (χ3v) is 5.00. The molecule has 1 N–H and O–H groups in total. The number of carbonyl (C=O) groups is 1. The van der Waals surface area contributed by atoms with Gasteiger partial charge in [-0.15, -0.1) is 0 Å². The molecule has 6 heteroatoms. The Balaban J connectivity index is 1.70. The zero-order chi connectivity index (χ0) is 20.2. The molecule has 2 aromatic heterocycles. The Morgan fingerprint density at radius 2 is 1.72 bits per heavy atom. The summed E-state index contributed by atoms with van der Waals surface area (Å²) in [6, 6.07) is 23.4. The van der Waals surface area contributed by atoms with Crippen LogP contribution < -0.4 is 0 Å². The van der Waals surface area contributed by atoms with Crippen molar-refractivity contribution in [2.45, 2.75) is 6.54 Å². The molecule has 0 atom stereocenters. The minimum absolute atomic E-state index is 0.127. The Morgan fingerprint density at radius 3 is 2.41 bits per heavy atom. The normalized spacial score (nSPS) is 10.7. The number of aromatic nitrogens is 3. The quantitative estimate of drug-likeness (QED) is 0.486. The van der Waals surface area contributed by atoms with Crippen LogP contribution in [0.25, 0.3) is 16.9 Å². The van der Waals surface area contributed by atoms with Crippen LogP contribution in [0, 0.1) is 4.64 Å². The summed E-state index contributed by atoms with van der Waals surface area (Å²) in [5.74, 6) is -0.127. The lowest BCUT2D eigenvalue weighted by molar-refractivity contribution is 0.0784. The van der Waals surface area contributed by atoms with Crippen molar-refractivity contribution in [1.82, 2.24) is 19.7 Å². The number of hydrogen-bond donors (Lipinski definition) is 1. The first-order chi connectivity index (χ1) is 14.1. The second-order valence-electron chi connectivity index (χ2n) is 6.72. The van der Waals surface area contributed by atoms with E-state index in [1.165, 1.54) is 0 Å². The predicted octanol–water partition coefficient (Wildman–Crippen LogP) is 4.87. The standard InChI is InChI=1S/C23H20N4OS/c1-26(23(28)20-13-8-14-24-22(20)29)15-18-16-27(19-11-6-3-7-12-19)25-21(18)17-9-4-2-5-10-17/h2-14,16H,15H2,1H3,(H,24,29). The summed E-state index contributed by atoms with van der Waals surface area (Å²) < 4.78 is 2.29. The van der Waals surface area contributed by atoms with Crippen molar-refractivity contribution >= 4 is 18.1 Å². The molecule has 2 heterocycles. The van der Waals surface area contributed by atoms with E-state index in [4.69, 9.17) is 17.3 Å². The summed E-state index contributed by atoms with van der Waals surface area (Å²) in [5, 5.41) is 4.81. The van der Waals surface area contributed by atoms with Crippen LogP contribution in [0.3, 0.4) is 0 Å². The number of benzene rings is 2. The molecule has 4 aromatic rings. The smallest absolute Gasteiger partial charge is 0.256 e. The topological polar surface area (TPSA) is 53.9 Å². The Hall–Kier alpha value is -3.51. The van der Waals surface area contributed by atoms with Gasteiger partial charge in [0.15, 0.2) is 0 Å². The maximum Gasteiger partial charge on any atom is 0.256 e. The predicted molar refractivity (Wildman–Crippen MR) is 116 cm³/mol. The lowest BCUT2D eigenvalue weighted by atomic mass is 10.1. The minimum atomic E-state index is -0.127. The Kier molecular flexibility index (Phi) is 5.35. The second kappa shape index (κ2) is 8.24. The molecular formula is C23H20N4OS. The number of hydrogen-bond acceptors (Lipinski definition) is 3. The highest BCUT2D eigenvalue weighted by atomic mass is 32.1. The SMILES string of the molecule is CN(Cc1cn(-c2ccccc2)nc1-c1ccccc1)C(=O)c1ccc[nH]c1=S. The Labute approximate surface area is 174 Å². The molecule has 1 amide bonds. The molecule has 0 fully saturated rings. The van der Waals surface area contributed by atoms with E-state index < -0.39 is 0 Å². The van der Waals surface area contributed by atoms with E-state index in [-0.39, 0.29) is 5.91 Å². The fourth-order valence-electron chi connectivity index (χ4n) is 3.20. The van der Waals surface area contributed by atoms with Crippen molar-refractivity contribution in [1.29, 1.82) is 0 Å².